The van der Waals surface area contributed by atoms with E-state index in [2.05, 4.69) is 31.2 Å². The fraction of sp³-hybridized carbons (Fsp3) is 0.500. The summed E-state index contributed by atoms with van der Waals surface area (Å²) in [6, 6.07) is 8.40. The highest BCUT2D eigenvalue weighted by atomic mass is 16.5. The molecule has 2 aromatic rings. The second kappa shape index (κ2) is 9.14. The van der Waals surface area contributed by atoms with Crippen LogP contribution in [0.25, 0.3) is 0 Å². The van der Waals surface area contributed by atoms with Crippen LogP contribution in [0.3, 0.4) is 0 Å². The zero-order chi connectivity index (χ0) is 22.0. The molecule has 0 unspecified atom stereocenters. The Morgan fingerprint density at radius 1 is 1.23 bits per heavy atom. The largest absolute Gasteiger partial charge is 0.375 e. The molecule has 1 saturated heterocycles. The fourth-order valence-electron chi connectivity index (χ4n) is 4.54. The van der Waals surface area contributed by atoms with Gasteiger partial charge < -0.3 is 9.64 Å². The topological polar surface area (TPSA) is 75.6 Å². The molecule has 7 nitrogen and oxygen atoms in total. The van der Waals surface area contributed by atoms with Crippen LogP contribution < -0.4 is 4.90 Å². The third-order valence-corrected chi connectivity index (χ3v) is 6.24. The summed E-state index contributed by atoms with van der Waals surface area (Å²) in [6.45, 7) is 6.06. The van der Waals surface area contributed by atoms with Gasteiger partial charge in [0, 0.05) is 50.3 Å². The van der Waals surface area contributed by atoms with Crippen LogP contribution in [0.5, 0.6) is 0 Å². The molecule has 2 amide bonds. The Hall–Kier alpha value is -2.80. The van der Waals surface area contributed by atoms with Gasteiger partial charge in [0.1, 0.15) is 18.2 Å². The lowest BCUT2D eigenvalue weighted by Gasteiger charge is -2.30. The smallest absolute Gasteiger partial charge is 0.248 e. The number of nitrogens with zero attached hydrogens (tertiary/aromatic N) is 4. The van der Waals surface area contributed by atoms with Gasteiger partial charge in [-0.3, -0.25) is 14.5 Å². The van der Waals surface area contributed by atoms with E-state index in [1.165, 1.54) is 18.2 Å². The van der Waals surface area contributed by atoms with E-state index in [4.69, 9.17) is 14.7 Å². The third-order valence-electron chi connectivity index (χ3n) is 6.24. The number of fused-ring (bicyclic) bond motifs is 1. The van der Waals surface area contributed by atoms with Gasteiger partial charge in [-0.25, -0.2) is 9.97 Å². The molecule has 0 N–H and O–H groups in total. The van der Waals surface area contributed by atoms with Crippen molar-refractivity contribution >= 4 is 17.6 Å². The highest BCUT2D eigenvalue weighted by molar-refractivity contribution is 5.95. The Kier molecular flexibility index (Phi) is 6.32. The third kappa shape index (κ3) is 4.61. The molecule has 0 aliphatic carbocycles. The maximum absolute atomic E-state index is 12.8. The number of carbonyl (C=O) groups is 2. The molecule has 0 saturated carbocycles. The van der Waals surface area contributed by atoms with Crippen LogP contribution in [0.15, 0.2) is 24.3 Å². The molecule has 2 aliphatic heterocycles. The predicted octanol–water partition coefficient (Wildman–Crippen LogP) is 2.58. The Morgan fingerprint density at radius 3 is 2.84 bits per heavy atom. The minimum Gasteiger partial charge on any atom is -0.375 e. The molecule has 2 aliphatic rings. The number of anilines is 1. The molecule has 0 radical (unpaired) electrons. The van der Waals surface area contributed by atoms with Crippen molar-refractivity contribution < 1.29 is 14.3 Å². The van der Waals surface area contributed by atoms with E-state index in [9.17, 15) is 9.59 Å². The van der Waals surface area contributed by atoms with Gasteiger partial charge in [0.2, 0.25) is 11.8 Å². The average molecular weight is 423 g/mol. The van der Waals surface area contributed by atoms with Gasteiger partial charge in [-0.2, -0.15) is 0 Å². The van der Waals surface area contributed by atoms with E-state index < -0.39 is 0 Å². The van der Waals surface area contributed by atoms with Crippen molar-refractivity contribution in [1.29, 1.82) is 0 Å². The first-order chi connectivity index (χ1) is 15.0. The number of carbonyl (C=O) groups excluding carboxylic acids is 2. The zero-order valence-electron chi connectivity index (χ0n) is 18.6. The molecular formula is C24H30N4O3. The van der Waals surface area contributed by atoms with Gasteiger partial charge in [-0.1, -0.05) is 29.8 Å². The SMILES string of the molecule is COCC(=O)N1CC[C@H](c2nc(C)c3c(n2)N(CCc2cccc(C)c2)C(=O)CC3)C1. The molecule has 0 spiro atoms. The highest BCUT2D eigenvalue weighted by Crippen LogP contribution is 2.32. The molecular weight excluding hydrogens is 392 g/mol. The van der Waals surface area contributed by atoms with Gasteiger partial charge in [-0.05, 0) is 38.7 Å². The van der Waals surface area contributed by atoms with Crippen molar-refractivity contribution in [3.63, 3.8) is 0 Å². The number of benzene rings is 1. The lowest BCUT2D eigenvalue weighted by atomic mass is 10.0. The van der Waals surface area contributed by atoms with Crippen LogP contribution >= 0.6 is 0 Å². The van der Waals surface area contributed by atoms with Gasteiger partial charge in [-0.15, -0.1) is 0 Å². The number of rotatable bonds is 6. The van der Waals surface area contributed by atoms with E-state index in [0.29, 0.717) is 32.5 Å². The number of ether oxygens (including phenoxy) is 1. The average Bonchev–Trinajstić information content (AvgIpc) is 3.23. The molecule has 0 bridgehead atoms. The second-order valence-electron chi connectivity index (χ2n) is 8.51. The van der Waals surface area contributed by atoms with Crippen LogP contribution in [0, 0.1) is 13.8 Å². The van der Waals surface area contributed by atoms with Crippen molar-refractivity contribution in [2.75, 3.05) is 38.3 Å². The van der Waals surface area contributed by atoms with E-state index in [1.54, 1.807) is 0 Å². The quantitative estimate of drug-likeness (QED) is 0.715. The number of methoxy groups -OCH3 is 1. The van der Waals surface area contributed by atoms with Crippen molar-refractivity contribution in [2.24, 2.45) is 0 Å². The number of hydrogen-bond acceptors (Lipinski definition) is 5. The molecule has 3 heterocycles. The Bertz CT molecular complexity index is 991. The van der Waals surface area contributed by atoms with Crippen molar-refractivity contribution in [3.05, 3.63) is 52.5 Å². The summed E-state index contributed by atoms with van der Waals surface area (Å²) in [4.78, 5) is 38.3. The van der Waals surface area contributed by atoms with Crippen LogP contribution in [0.2, 0.25) is 0 Å². The minimum atomic E-state index is -0.00496. The van der Waals surface area contributed by atoms with Gasteiger partial charge in [0.25, 0.3) is 0 Å². The van der Waals surface area contributed by atoms with Crippen LogP contribution in [-0.4, -0.2) is 60.0 Å². The molecule has 164 valence electrons. The monoisotopic (exact) mass is 422 g/mol. The molecule has 1 atom stereocenters. The first-order valence-electron chi connectivity index (χ1n) is 11.0. The van der Waals surface area contributed by atoms with Crippen LogP contribution in [0.1, 0.15) is 47.0 Å². The van der Waals surface area contributed by atoms with E-state index in [0.717, 1.165) is 35.7 Å². The Labute approximate surface area is 183 Å². The summed E-state index contributed by atoms with van der Waals surface area (Å²) < 4.78 is 4.98. The molecule has 31 heavy (non-hydrogen) atoms. The van der Waals surface area contributed by atoms with E-state index >= 15 is 0 Å². The summed E-state index contributed by atoms with van der Waals surface area (Å²) in [7, 11) is 1.53. The second-order valence-corrected chi connectivity index (χ2v) is 8.51. The number of aromatic nitrogens is 2. The molecule has 4 rings (SSSR count). The summed E-state index contributed by atoms with van der Waals surface area (Å²) in [5.74, 6) is 1.69. The van der Waals surface area contributed by atoms with Gasteiger partial charge in [0.15, 0.2) is 0 Å². The lowest BCUT2D eigenvalue weighted by Crippen LogP contribution is -2.38. The number of hydrogen-bond donors (Lipinski definition) is 0. The zero-order valence-corrected chi connectivity index (χ0v) is 18.6. The lowest BCUT2D eigenvalue weighted by molar-refractivity contribution is -0.134. The van der Waals surface area contributed by atoms with Gasteiger partial charge >= 0.3 is 0 Å². The number of aryl methyl sites for hydroxylation is 2. The van der Waals surface area contributed by atoms with E-state index in [-0.39, 0.29) is 24.3 Å². The van der Waals surface area contributed by atoms with Crippen molar-refractivity contribution in [3.8, 4) is 0 Å². The Balaban J connectivity index is 1.56. The summed E-state index contributed by atoms with van der Waals surface area (Å²) in [6.07, 6.45) is 2.79. The molecule has 1 fully saturated rings. The first-order valence-corrected chi connectivity index (χ1v) is 11.0. The van der Waals surface area contributed by atoms with Crippen LogP contribution in [-0.2, 0) is 27.2 Å². The summed E-state index contributed by atoms with van der Waals surface area (Å²) in [5, 5.41) is 0. The summed E-state index contributed by atoms with van der Waals surface area (Å²) >= 11 is 0. The highest BCUT2D eigenvalue weighted by Gasteiger charge is 2.33. The normalized spacial score (nSPS) is 18.4. The van der Waals surface area contributed by atoms with Crippen molar-refractivity contribution in [1.82, 2.24) is 14.9 Å². The predicted molar refractivity (Wildman–Crippen MR) is 118 cm³/mol. The maximum atomic E-state index is 12.8. The molecule has 1 aromatic carbocycles. The standard InChI is InChI=1S/C24H30N4O3/c1-16-5-4-6-18(13-16)9-12-28-21(29)8-7-20-17(2)25-23(26-24(20)28)19-10-11-27(14-19)22(30)15-31-3/h4-6,13,19H,7-12,14-15H2,1-3H3/t19-/m0/s1. The number of amides is 2. The Morgan fingerprint density at radius 2 is 2.06 bits per heavy atom. The first kappa shape index (κ1) is 21.4. The van der Waals surface area contributed by atoms with E-state index in [1.807, 2.05) is 16.7 Å². The van der Waals surface area contributed by atoms with Crippen LogP contribution in [0.4, 0.5) is 5.82 Å². The fourth-order valence-corrected chi connectivity index (χ4v) is 4.54. The minimum absolute atomic E-state index is 0.00496. The van der Waals surface area contributed by atoms with Gasteiger partial charge in [0.05, 0.1) is 0 Å². The maximum Gasteiger partial charge on any atom is 0.248 e. The molecule has 7 heteroatoms. The summed E-state index contributed by atoms with van der Waals surface area (Å²) in [5.41, 5.74) is 4.44. The number of likely N-dealkylation sites (tertiary alicyclic amines) is 1. The molecule has 1 aromatic heterocycles. The van der Waals surface area contributed by atoms with Crippen molar-refractivity contribution in [2.45, 2.75) is 45.4 Å².